The molecular formula is C36H46O. The van der Waals surface area contributed by atoms with Crippen LogP contribution in [0, 0.1) is 40.4 Å². The van der Waals surface area contributed by atoms with Gasteiger partial charge in [-0.2, -0.15) is 0 Å². The van der Waals surface area contributed by atoms with Crippen LogP contribution in [0.1, 0.15) is 89.7 Å². The van der Waals surface area contributed by atoms with Crippen molar-refractivity contribution < 1.29 is 5.11 Å². The molecule has 0 unspecified atom stereocenters. The molecule has 196 valence electrons. The highest BCUT2D eigenvalue weighted by molar-refractivity contribution is 5.79. The number of benzene rings is 2. The summed E-state index contributed by atoms with van der Waals surface area (Å²) in [6.07, 6.45) is 16.2. The molecule has 1 nitrogen and oxygen atoms in total. The largest absolute Gasteiger partial charge is 0.392 e. The molecule has 2 aromatic rings. The third kappa shape index (κ3) is 4.17. The number of hydrogen-bond acceptors (Lipinski definition) is 1. The molecule has 0 amide bonds. The standard InChI is InChI=1S/C36H46O/c1-25(17-19-29(26-11-6-4-7-12-26)27-13-8-5-9-14-27)31-21-22-32-30-20-18-28-15-10-16-34(37)36(28,3)33(30)23-24-35(31,32)2/h4-9,11-14,18-19,25,30-34,37H,10,15-17,20-24H2,1-3H3/t25-,30+,31-,32+,33+,34-,35-,36-/m0/s1. The molecule has 0 heterocycles. The number of fused-ring (bicyclic) bond motifs is 5. The molecule has 8 atom stereocenters. The zero-order valence-corrected chi connectivity index (χ0v) is 23.2. The van der Waals surface area contributed by atoms with Crippen LogP contribution >= 0.6 is 0 Å². The van der Waals surface area contributed by atoms with Gasteiger partial charge >= 0.3 is 0 Å². The topological polar surface area (TPSA) is 20.2 Å². The van der Waals surface area contributed by atoms with E-state index in [1.807, 2.05) is 0 Å². The van der Waals surface area contributed by atoms with E-state index in [-0.39, 0.29) is 11.5 Å². The lowest BCUT2D eigenvalue weighted by Gasteiger charge is -2.59. The van der Waals surface area contributed by atoms with Crippen molar-refractivity contribution in [2.75, 3.05) is 0 Å². The number of aliphatic hydroxyl groups excluding tert-OH is 1. The molecule has 2 aromatic carbocycles. The van der Waals surface area contributed by atoms with Crippen molar-refractivity contribution in [3.8, 4) is 0 Å². The summed E-state index contributed by atoms with van der Waals surface area (Å²) in [7, 11) is 0. The fraction of sp³-hybridized carbons (Fsp3) is 0.556. The van der Waals surface area contributed by atoms with Gasteiger partial charge in [-0.3, -0.25) is 0 Å². The van der Waals surface area contributed by atoms with E-state index >= 15 is 0 Å². The van der Waals surface area contributed by atoms with Crippen LogP contribution < -0.4 is 0 Å². The summed E-state index contributed by atoms with van der Waals surface area (Å²) in [5.74, 6) is 3.72. The quantitative estimate of drug-likeness (QED) is 0.411. The van der Waals surface area contributed by atoms with Gasteiger partial charge in [0.1, 0.15) is 0 Å². The average molecular weight is 495 g/mol. The highest BCUT2D eigenvalue weighted by atomic mass is 16.3. The van der Waals surface area contributed by atoms with Gasteiger partial charge in [0.15, 0.2) is 0 Å². The van der Waals surface area contributed by atoms with Crippen molar-refractivity contribution in [2.45, 2.75) is 84.7 Å². The molecule has 1 heteroatoms. The van der Waals surface area contributed by atoms with E-state index in [0.717, 1.165) is 30.6 Å². The fourth-order valence-electron chi connectivity index (χ4n) is 9.80. The smallest absolute Gasteiger partial charge is 0.0633 e. The van der Waals surface area contributed by atoms with Crippen molar-refractivity contribution in [2.24, 2.45) is 40.4 Å². The van der Waals surface area contributed by atoms with E-state index in [1.54, 1.807) is 5.57 Å². The molecule has 0 aromatic heterocycles. The molecule has 0 bridgehead atoms. The summed E-state index contributed by atoms with van der Waals surface area (Å²) in [5, 5.41) is 11.2. The van der Waals surface area contributed by atoms with E-state index in [4.69, 9.17) is 0 Å². The molecule has 3 fully saturated rings. The van der Waals surface area contributed by atoms with Crippen LogP contribution in [0.4, 0.5) is 0 Å². The average Bonchev–Trinajstić information content (AvgIpc) is 3.28. The van der Waals surface area contributed by atoms with E-state index in [2.05, 4.69) is 93.6 Å². The SMILES string of the molecule is C[C@@H](CC=C(c1ccccc1)c1ccccc1)[C@@H]1CC[C@@H]2[C@H]3CC=C4CCC[C@H](O)[C@]4(C)[C@@H]3CC[C@]21C. The van der Waals surface area contributed by atoms with E-state index < -0.39 is 0 Å². The van der Waals surface area contributed by atoms with Gasteiger partial charge in [0, 0.05) is 5.41 Å². The Bertz CT molecular complexity index is 1100. The van der Waals surface area contributed by atoms with Crippen molar-refractivity contribution in [3.05, 3.63) is 89.5 Å². The highest BCUT2D eigenvalue weighted by Gasteiger charge is 2.60. The van der Waals surface area contributed by atoms with Crippen LogP contribution in [-0.4, -0.2) is 11.2 Å². The third-order valence-electron chi connectivity index (χ3n) is 11.8. The second-order valence-electron chi connectivity index (χ2n) is 13.3. The molecule has 1 N–H and O–H groups in total. The van der Waals surface area contributed by atoms with Crippen LogP contribution in [0.15, 0.2) is 78.4 Å². The van der Waals surface area contributed by atoms with Gasteiger partial charge in [-0.15, -0.1) is 0 Å². The van der Waals surface area contributed by atoms with Gasteiger partial charge < -0.3 is 5.11 Å². The maximum atomic E-state index is 11.2. The van der Waals surface area contributed by atoms with Crippen molar-refractivity contribution in [1.29, 1.82) is 0 Å². The van der Waals surface area contributed by atoms with Gasteiger partial charge in [-0.25, -0.2) is 0 Å². The fourth-order valence-corrected chi connectivity index (χ4v) is 9.80. The van der Waals surface area contributed by atoms with Gasteiger partial charge in [-0.1, -0.05) is 99.2 Å². The highest BCUT2D eigenvalue weighted by Crippen LogP contribution is 2.67. The number of allylic oxidation sites excluding steroid dienone is 2. The monoisotopic (exact) mass is 494 g/mol. The molecule has 37 heavy (non-hydrogen) atoms. The first-order chi connectivity index (χ1) is 17.9. The molecule has 4 aliphatic rings. The first-order valence-electron chi connectivity index (χ1n) is 15.1. The Kier molecular flexibility index (Phi) is 6.72. The lowest BCUT2D eigenvalue weighted by atomic mass is 9.46. The molecule has 0 radical (unpaired) electrons. The zero-order chi connectivity index (χ0) is 25.6. The lowest BCUT2D eigenvalue weighted by molar-refractivity contribution is -0.0926. The van der Waals surface area contributed by atoms with Crippen LogP contribution in [0.3, 0.4) is 0 Å². The van der Waals surface area contributed by atoms with Gasteiger partial charge in [0.2, 0.25) is 0 Å². The van der Waals surface area contributed by atoms with Crippen LogP contribution in [0.25, 0.3) is 5.57 Å². The number of rotatable bonds is 5. The summed E-state index contributed by atoms with van der Waals surface area (Å²) in [4.78, 5) is 0. The molecule has 4 aliphatic carbocycles. The van der Waals surface area contributed by atoms with Gasteiger partial charge in [0.05, 0.1) is 6.10 Å². The van der Waals surface area contributed by atoms with Crippen LogP contribution in [-0.2, 0) is 0 Å². The molecule has 0 spiro atoms. The minimum absolute atomic E-state index is 0.0369. The number of aliphatic hydroxyl groups is 1. The van der Waals surface area contributed by atoms with Gasteiger partial charge in [-0.05, 0) is 109 Å². The van der Waals surface area contributed by atoms with Crippen molar-refractivity contribution >= 4 is 5.57 Å². The minimum atomic E-state index is -0.139. The van der Waals surface area contributed by atoms with E-state index in [0.29, 0.717) is 17.3 Å². The second kappa shape index (κ2) is 9.88. The molecule has 0 aliphatic heterocycles. The molecule has 0 saturated heterocycles. The summed E-state index contributed by atoms with van der Waals surface area (Å²) < 4.78 is 0. The summed E-state index contributed by atoms with van der Waals surface area (Å²) in [6, 6.07) is 21.9. The predicted octanol–water partition coefficient (Wildman–Crippen LogP) is 9.08. The van der Waals surface area contributed by atoms with Crippen LogP contribution in [0.2, 0.25) is 0 Å². The zero-order valence-electron chi connectivity index (χ0n) is 23.2. The van der Waals surface area contributed by atoms with Crippen LogP contribution in [0.5, 0.6) is 0 Å². The minimum Gasteiger partial charge on any atom is -0.392 e. The predicted molar refractivity (Wildman–Crippen MR) is 155 cm³/mol. The third-order valence-corrected chi connectivity index (χ3v) is 11.8. The normalized spacial score (nSPS) is 37.5. The Balaban J connectivity index is 1.24. The van der Waals surface area contributed by atoms with Crippen molar-refractivity contribution in [3.63, 3.8) is 0 Å². The Hall–Kier alpha value is -2.12. The summed E-state index contributed by atoms with van der Waals surface area (Å²) in [5.41, 5.74) is 6.09. The Morgan fingerprint density at radius 3 is 2.27 bits per heavy atom. The van der Waals surface area contributed by atoms with Crippen molar-refractivity contribution in [1.82, 2.24) is 0 Å². The summed E-state index contributed by atoms with van der Waals surface area (Å²) >= 11 is 0. The lowest BCUT2D eigenvalue weighted by Crippen LogP contribution is -2.54. The van der Waals surface area contributed by atoms with E-state index in [9.17, 15) is 5.11 Å². The van der Waals surface area contributed by atoms with E-state index in [1.165, 1.54) is 61.6 Å². The maximum Gasteiger partial charge on any atom is 0.0633 e. The Labute approximate surface area is 225 Å². The molecule has 3 saturated carbocycles. The molecular weight excluding hydrogens is 448 g/mol. The first-order valence-corrected chi connectivity index (χ1v) is 15.1. The second-order valence-corrected chi connectivity index (χ2v) is 13.3. The molecule has 6 rings (SSSR count). The maximum absolute atomic E-state index is 11.2. The van der Waals surface area contributed by atoms with Gasteiger partial charge in [0.25, 0.3) is 0 Å². The summed E-state index contributed by atoms with van der Waals surface area (Å²) in [6.45, 7) is 7.61. The first kappa shape index (κ1) is 25.2. The Morgan fingerprint density at radius 2 is 1.59 bits per heavy atom. The Morgan fingerprint density at radius 1 is 0.919 bits per heavy atom. The number of hydrogen-bond donors (Lipinski definition) is 1.